The summed E-state index contributed by atoms with van der Waals surface area (Å²) in [5.41, 5.74) is 7.53. The molecule has 0 aliphatic carbocycles. The van der Waals surface area contributed by atoms with Crippen LogP contribution in [0.1, 0.15) is 18.2 Å². The minimum atomic E-state index is -3.67. The van der Waals surface area contributed by atoms with E-state index in [-0.39, 0.29) is 10.7 Å². The van der Waals surface area contributed by atoms with Gasteiger partial charge in [-0.15, -0.1) is 0 Å². The van der Waals surface area contributed by atoms with Crippen molar-refractivity contribution in [2.45, 2.75) is 25.2 Å². The summed E-state index contributed by atoms with van der Waals surface area (Å²) in [4.78, 5) is 0.161. The minimum Gasteiger partial charge on any atom is -0.399 e. The molecule has 102 valence electrons. The van der Waals surface area contributed by atoms with Gasteiger partial charge < -0.3 is 5.73 Å². The third kappa shape index (κ3) is 2.87. The number of nitrogens with zero attached hydrogens (tertiary/aromatic N) is 1. The molecule has 0 aliphatic rings. The van der Waals surface area contributed by atoms with Gasteiger partial charge in [0.15, 0.2) is 5.82 Å². The van der Waals surface area contributed by atoms with Crippen molar-refractivity contribution >= 4 is 21.5 Å². The van der Waals surface area contributed by atoms with Crippen LogP contribution in [0.25, 0.3) is 0 Å². The molecule has 0 unspecified atom stereocenters. The molecule has 6 nitrogen and oxygen atoms in total. The quantitative estimate of drug-likeness (QED) is 0.741. The molecule has 0 saturated heterocycles. The zero-order chi connectivity index (χ0) is 14.0. The molecule has 0 spiro atoms. The van der Waals surface area contributed by atoms with Gasteiger partial charge in [0, 0.05) is 17.4 Å². The van der Waals surface area contributed by atoms with Gasteiger partial charge in [-0.2, -0.15) is 5.10 Å². The molecule has 1 aromatic heterocycles. The highest BCUT2D eigenvalue weighted by Crippen LogP contribution is 2.21. The molecule has 0 saturated carbocycles. The normalized spacial score (nSPS) is 11.5. The van der Waals surface area contributed by atoms with Gasteiger partial charge in [0.05, 0.1) is 4.90 Å². The Hall–Kier alpha value is -2.02. The van der Waals surface area contributed by atoms with E-state index in [2.05, 4.69) is 14.9 Å². The van der Waals surface area contributed by atoms with Crippen LogP contribution in [-0.2, 0) is 16.4 Å². The summed E-state index contributed by atoms with van der Waals surface area (Å²) in [5.74, 6) is 0.277. The second kappa shape index (κ2) is 4.93. The lowest BCUT2D eigenvalue weighted by molar-refractivity contribution is 0.600. The lowest BCUT2D eigenvalue weighted by Crippen LogP contribution is -2.14. The monoisotopic (exact) mass is 280 g/mol. The van der Waals surface area contributed by atoms with E-state index in [9.17, 15) is 8.42 Å². The summed E-state index contributed by atoms with van der Waals surface area (Å²) in [6.07, 6.45) is 0.756. The van der Waals surface area contributed by atoms with Crippen molar-refractivity contribution in [3.8, 4) is 0 Å². The molecule has 0 radical (unpaired) electrons. The molecule has 4 N–H and O–H groups in total. The summed E-state index contributed by atoms with van der Waals surface area (Å²) in [6, 6.07) is 6.44. The number of rotatable bonds is 4. The number of aryl methyl sites for hydroxylation is 2. The van der Waals surface area contributed by atoms with E-state index in [0.717, 1.165) is 12.1 Å². The predicted octanol–water partition coefficient (Wildman–Crippen LogP) is 1.66. The van der Waals surface area contributed by atoms with Crippen molar-refractivity contribution < 1.29 is 8.42 Å². The number of anilines is 2. The number of nitrogen functional groups attached to an aromatic ring is 1. The van der Waals surface area contributed by atoms with Crippen molar-refractivity contribution in [3.05, 3.63) is 35.5 Å². The number of nitrogens with two attached hydrogens (primary N) is 1. The van der Waals surface area contributed by atoms with Gasteiger partial charge >= 0.3 is 0 Å². The third-order valence-corrected chi connectivity index (χ3v) is 4.25. The van der Waals surface area contributed by atoms with Crippen LogP contribution < -0.4 is 10.5 Å². The Labute approximate surface area is 112 Å². The number of H-pyrrole nitrogens is 1. The summed E-state index contributed by atoms with van der Waals surface area (Å²) in [6.45, 7) is 3.67. The van der Waals surface area contributed by atoms with Gasteiger partial charge in [-0.3, -0.25) is 9.82 Å². The number of aromatic amines is 1. The lowest BCUT2D eigenvalue weighted by Gasteiger charge is -2.08. The first-order valence-electron chi connectivity index (χ1n) is 5.85. The van der Waals surface area contributed by atoms with E-state index in [1.165, 1.54) is 6.07 Å². The van der Waals surface area contributed by atoms with Gasteiger partial charge in [0.25, 0.3) is 10.0 Å². The number of aromatic nitrogens is 2. The fourth-order valence-electron chi connectivity index (χ4n) is 1.69. The van der Waals surface area contributed by atoms with Crippen molar-refractivity contribution in [2.75, 3.05) is 10.5 Å². The van der Waals surface area contributed by atoms with Crippen LogP contribution in [0, 0.1) is 6.92 Å². The molecule has 0 amide bonds. The Balaban J connectivity index is 2.34. The van der Waals surface area contributed by atoms with E-state index < -0.39 is 10.0 Å². The van der Waals surface area contributed by atoms with E-state index in [4.69, 9.17) is 5.73 Å². The van der Waals surface area contributed by atoms with Crippen LogP contribution in [0.3, 0.4) is 0 Å². The molecular weight excluding hydrogens is 264 g/mol. The van der Waals surface area contributed by atoms with Gasteiger partial charge in [-0.05, 0) is 31.0 Å². The molecule has 0 atom stereocenters. The maximum Gasteiger partial charge on any atom is 0.263 e. The smallest absolute Gasteiger partial charge is 0.263 e. The molecule has 19 heavy (non-hydrogen) atoms. The fraction of sp³-hybridized carbons (Fsp3) is 0.250. The summed E-state index contributed by atoms with van der Waals surface area (Å²) in [7, 11) is -3.67. The van der Waals surface area contributed by atoms with E-state index in [1.54, 1.807) is 25.1 Å². The highest BCUT2D eigenvalue weighted by molar-refractivity contribution is 7.92. The van der Waals surface area contributed by atoms with Crippen LogP contribution in [0.4, 0.5) is 11.5 Å². The second-order valence-corrected chi connectivity index (χ2v) is 5.91. The van der Waals surface area contributed by atoms with Crippen molar-refractivity contribution in [1.29, 1.82) is 0 Å². The van der Waals surface area contributed by atoms with Crippen molar-refractivity contribution in [2.24, 2.45) is 0 Å². The average molecular weight is 280 g/mol. The summed E-state index contributed by atoms with van der Waals surface area (Å²) in [5, 5.41) is 6.66. The highest BCUT2D eigenvalue weighted by Gasteiger charge is 2.18. The molecule has 7 heteroatoms. The van der Waals surface area contributed by atoms with E-state index in [0.29, 0.717) is 11.3 Å². The lowest BCUT2D eigenvalue weighted by atomic mass is 10.2. The van der Waals surface area contributed by atoms with E-state index in [1.807, 2.05) is 6.92 Å². The maximum absolute atomic E-state index is 12.3. The number of nitrogens with one attached hydrogen (secondary N) is 2. The largest absolute Gasteiger partial charge is 0.399 e. The average Bonchev–Trinajstić information content (AvgIpc) is 2.79. The SMILES string of the molecule is CCc1cc(NS(=O)(=O)c2cc(N)ccc2C)n[nH]1. The Bertz CT molecular complexity index is 692. The topological polar surface area (TPSA) is 101 Å². The first-order valence-corrected chi connectivity index (χ1v) is 7.34. The molecule has 2 rings (SSSR count). The maximum atomic E-state index is 12.3. The molecule has 2 aromatic rings. The molecule has 1 aromatic carbocycles. The second-order valence-electron chi connectivity index (χ2n) is 4.26. The van der Waals surface area contributed by atoms with Crippen LogP contribution in [0.15, 0.2) is 29.2 Å². The van der Waals surface area contributed by atoms with Gasteiger partial charge in [-0.1, -0.05) is 13.0 Å². The van der Waals surface area contributed by atoms with Crippen molar-refractivity contribution in [3.63, 3.8) is 0 Å². The number of benzene rings is 1. The Kier molecular flexibility index (Phi) is 3.48. The van der Waals surface area contributed by atoms with Crippen LogP contribution in [-0.4, -0.2) is 18.6 Å². The summed E-state index contributed by atoms with van der Waals surface area (Å²) >= 11 is 0. The molecule has 1 heterocycles. The predicted molar refractivity (Wildman–Crippen MR) is 74.4 cm³/mol. The zero-order valence-electron chi connectivity index (χ0n) is 10.8. The first kappa shape index (κ1) is 13.4. The van der Waals surface area contributed by atoms with Crippen molar-refractivity contribution in [1.82, 2.24) is 10.2 Å². The zero-order valence-corrected chi connectivity index (χ0v) is 11.6. The Morgan fingerprint density at radius 1 is 1.37 bits per heavy atom. The van der Waals surface area contributed by atoms with Crippen LogP contribution >= 0.6 is 0 Å². The molecule has 0 aliphatic heterocycles. The van der Waals surface area contributed by atoms with Gasteiger partial charge in [0.1, 0.15) is 0 Å². The summed E-state index contributed by atoms with van der Waals surface area (Å²) < 4.78 is 26.9. The Morgan fingerprint density at radius 3 is 2.74 bits per heavy atom. The van der Waals surface area contributed by atoms with Crippen LogP contribution in [0.5, 0.6) is 0 Å². The minimum absolute atomic E-state index is 0.161. The molecule has 0 bridgehead atoms. The fourth-order valence-corrected chi connectivity index (χ4v) is 2.97. The van der Waals surface area contributed by atoms with Gasteiger partial charge in [-0.25, -0.2) is 8.42 Å². The number of hydrogen-bond donors (Lipinski definition) is 3. The Morgan fingerprint density at radius 2 is 2.11 bits per heavy atom. The van der Waals surface area contributed by atoms with Gasteiger partial charge in [0.2, 0.25) is 0 Å². The third-order valence-electron chi connectivity index (χ3n) is 2.75. The molecule has 0 fully saturated rings. The first-order chi connectivity index (χ1) is 8.92. The van der Waals surface area contributed by atoms with E-state index >= 15 is 0 Å². The number of hydrogen-bond acceptors (Lipinski definition) is 4. The standard InChI is InChI=1S/C12H16N4O2S/c1-3-10-7-12(15-14-10)16-19(17,18)11-6-9(13)5-4-8(11)2/h4-7H,3,13H2,1-2H3,(H2,14,15,16). The van der Waals surface area contributed by atoms with Crippen LogP contribution in [0.2, 0.25) is 0 Å². The highest BCUT2D eigenvalue weighted by atomic mass is 32.2. The number of sulfonamides is 1. The molecular formula is C12H16N4O2S.